The molecule has 1 nitrogen and oxygen atoms in total. The smallest absolute Gasteiger partial charge is 0.110 e. The minimum Gasteiger partial charge on any atom is -0.355 e. The van der Waals surface area contributed by atoms with Crippen LogP contribution in [0, 0.1) is 6.92 Å². The lowest BCUT2D eigenvalue weighted by atomic mass is 10.1. The van der Waals surface area contributed by atoms with E-state index in [2.05, 4.69) is 24.4 Å². The quantitative estimate of drug-likeness (QED) is 0.742. The van der Waals surface area contributed by atoms with Crippen LogP contribution in [-0.4, -0.2) is 0 Å². The van der Waals surface area contributed by atoms with E-state index in [4.69, 9.17) is 23.2 Å². The van der Waals surface area contributed by atoms with Gasteiger partial charge in [-0.2, -0.15) is 0 Å². The van der Waals surface area contributed by atoms with Crippen LogP contribution in [0.15, 0.2) is 53.0 Å². The molecule has 0 amide bonds. The first-order valence-electron chi connectivity index (χ1n) is 6.03. The number of rotatable bonds is 3. The van der Waals surface area contributed by atoms with Crippen molar-refractivity contribution in [2.45, 2.75) is 13.8 Å². The van der Waals surface area contributed by atoms with Crippen LogP contribution in [0.5, 0.6) is 0 Å². The number of aryl methyl sites for hydroxylation is 1. The van der Waals surface area contributed by atoms with E-state index in [1.54, 1.807) is 0 Å². The molecule has 0 radical (unpaired) electrons. The van der Waals surface area contributed by atoms with Gasteiger partial charge in [0.25, 0.3) is 0 Å². The fourth-order valence-electron chi connectivity index (χ4n) is 1.81. The Morgan fingerprint density at radius 2 is 1.58 bits per heavy atom. The van der Waals surface area contributed by atoms with E-state index in [-0.39, 0.29) is 4.49 Å². The van der Waals surface area contributed by atoms with Crippen LogP contribution in [-0.2, 0) is 0 Å². The average Bonchev–Trinajstić information content (AvgIpc) is 2.41. The Hall–Kier alpha value is -1.44. The molecule has 0 aliphatic heterocycles. The lowest BCUT2D eigenvalue weighted by Gasteiger charge is -2.13. The van der Waals surface area contributed by atoms with E-state index < -0.39 is 0 Å². The number of hydrogen-bond donors (Lipinski definition) is 1. The molecule has 0 heterocycles. The third kappa shape index (κ3) is 3.52. The molecule has 0 unspecified atom stereocenters. The Morgan fingerprint density at radius 3 is 2.21 bits per heavy atom. The number of hydrogen-bond acceptors (Lipinski definition) is 1. The summed E-state index contributed by atoms with van der Waals surface area (Å²) in [6, 6.07) is 16.2. The lowest BCUT2D eigenvalue weighted by Crippen LogP contribution is -1.95. The molecular weight excluding hydrogens is 277 g/mol. The van der Waals surface area contributed by atoms with Gasteiger partial charge in [-0.25, -0.2) is 0 Å². The van der Waals surface area contributed by atoms with E-state index in [0.29, 0.717) is 0 Å². The molecule has 0 saturated carbocycles. The molecule has 0 aromatic heterocycles. The minimum atomic E-state index is 0.290. The van der Waals surface area contributed by atoms with Crippen molar-refractivity contribution in [3.63, 3.8) is 0 Å². The van der Waals surface area contributed by atoms with Crippen molar-refractivity contribution in [2.75, 3.05) is 5.32 Å². The molecule has 0 spiro atoms. The van der Waals surface area contributed by atoms with Gasteiger partial charge in [-0.1, -0.05) is 59.1 Å². The zero-order chi connectivity index (χ0) is 13.8. The van der Waals surface area contributed by atoms with Crippen molar-refractivity contribution < 1.29 is 0 Å². The van der Waals surface area contributed by atoms with Crippen LogP contribution in [0.3, 0.4) is 0 Å². The van der Waals surface area contributed by atoms with Gasteiger partial charge in [0.05, 0.1) is 0 Å². The van der Waals surface area contributed by atoms with Gasteiger partial charge in [-0.05, 0) is 37.6 Å². The van der Waals surface area contributed by atoms with Crippen LogP contribution in [0.1, 0.15) is 18.1 Å². The van der Waals surface area contributed by atoms with Gasteiger partial charge in [0.2, 0.25) is 0 Å². The second kappa shape index (κ2) is 6.14. The Labute approximate surface area is 123 Å². The highest BCUT2D eigenvalue weighted by atomic mass is 35.5. The van der Waals surface area contributed by atoms with Crippen molar-refractivity contribution in [3.05, 3.63) is 64.1 Å². The molecule has 0 bridgehead atoms. The second-order valence-corrected chi connectivity index (χ2v) is 5.37. The molecule has 0 atom stereocenters. The van der Waals surface area contributed by atoms with Gasteiger partial charge in [0.1, 0.15) is 4.49 Å². The standard InChI is InChI=1S/C16H15Cl2N/c1-11-7-9-13(10-8-11)19-15-6-4-3-5-14(15)12(2)16(17)18/h3-10,19H,1-2H3. The number of halogens is 2. The van der Waals surface area contributed by atoms with Crippen LogP contribution in [0.2, 0.25) is 0 Å². The summed E-state index contributed by atoms with van der Waals surface area (Å²) in [5.41, 5.74) is 5.12. The summed E-state index contributed by atoms with van der Waals surface area (Å²) in [6.07, 6.45) is 0. The molecule has 2 rings (SSSR count). The molecule has 98 valence electrons. The van der Waals surface area contributed by atoms with E-state index in [0.717, 1.165) is 22.5 Å². The maximum absolute atomic E-state index is 5.88. The molecule has 19 heavy (non-hydrogen) atoms. The highest BCUT2D eigenvalue weighted by Gasteiger charge is 2.06. The fraction of sp³-hybridized carbons (Fsp3) is 0.125. The maximum atomic E-state index is 5.88. The van der Waals surface area contributed by atoms with E-state index in [1.165, 1.54) is 5.56 Å². The topological polar surface area (TPSA) is 12.0 Å². The van der Waals surface area contributed by atoms with Gasteiger partial charge in [0.15, 0.2) is 0 Å². The average molecular weight is 292 g/mol. The molecule has 0 fully saturated rings. The van der Waals surface area contributed by atoms with Gasteiger partial charge >= 0.3 is 0 Å². The molecule has 0 saturated heterocycles. The van der Waals surface area contributed by atoms with Gasteiger partial charge in [-0.3, -0.25) is 0 Å². The second-order valence-electron chi connectivity index (χ2n) is 4.42. The Morgan fingerprint density at radius 1 is 0.947 bits per heavy atom. The summed E-state index contributed by atoms with van der Waals surface area (Å²) in [4.78, 5) is 0. The van der Waals surface area contributed by atoms with Crippen molar-refractivity contribution in [2.24, 2.45) is 0 Å². The zero-order valence-electron chi connectivity index (χ0n) is 10.9. The van der Waals surface area contributed by atoms with E-state index in [9.17, 15) is 0 Å². The maximum Gasteiger partial charge on any atom is 0.110 e. The third-order valence-electron chi connectivity index (χ3n) is 2.95. The summed E-state index contributed by atoms with van der Waals surface area (Å²) in [6.45, 7) is 3.98. The first-order valence-corrected chi connectivity index (χ1v) is 6.78. The van der Waals surface area contributed by atoms with Crippen molar-refractivity contribution >= 4 is 40.1 Å². The lowest BCUT2D eigenvalue weighted by molar-refractivity contribution is 1.44. The Bertz CT molecular complexity index is 596. The molecule has 3 heteroatoms. The van der Waals surface area contributed by atoms with E-state index >= 15 is 0 Å². The number of allylic oxidation sites excluding steroid dienone is 1. The van der Waals surface area contributed by atoms with Gasteiger partial charge in [-0.15, -0.1) is 0 Å². The molecular formula is C16H15Cl2N. The largest absolute Gasteiger partial charge is 0.355 e. The normalized spacial score (nSPS) is 10.1. The number of anilines is 2. The molecule has 0 aliphatic carbocycles. The van der Waals surface area contributed by atoms with E-state index in [1.807, 2.05) is 43.3 Å². The first kappa shape index (κ1) is 14.0. The zero-order valence-corrected chi connectivity index (χ0v) is 12.4. The predicted octanol–water partition coefficient (Wildman–Crippen LogP) is 5.90. The van der Waals surface area contributed by atoms with Gasteiger partial charge < -0.3 is 5.32 Å². The Kier molecular flexibility index (Phi) is 4.52. The molecule has 1 N–H and O–H groups in total. The summed E-state index contributed by atoms with van der Waals surface area (Å²) < 4.78 is 0.290. The Balaban J connectivity index is 2.36. The van der Waals surface area contributed by atoms with Crippen molar-refractivity contribution in [3.8, 4) is 0 Å². The number of benzene rings is 2. The van der Waals surface area contributed by atoms with Crippen LogP contribution in [0.25, 0.3) is 5.57 Å². The van der Waals surface area contributed by atoms with Gasteiger partial charge in [0, 0.05) is 16.9 Å². The van der Waals surface area contributed by atoms with Crippen molar-refractivity contribution in [1.82, 2.24) is 0 Å². The first-order chi connectivity index (χ1) is 9.08. The monoisotopic (exact) mass is 291 g/mol. The summed E-state index contributed by atoms with van der Waals surface area (Å²) in [7, 11) is 0. The molecule has 2 aromatic carbocycles. The predicted molar refractivity (Wildman–Crippen MR) is 85.2 cm³/mol. The highest BCUT2D eigenvalue weighted by molar-refractivity contribution is 6.58. The number of para-hydroxylation sites is 1. The minimum absolute atomic E-state index is 0.290. The van der Waals surface area contributed by atoms with Crippen LogP contribution in [0.4, 0.5) is 11.4 Å². The number of nitrogens with one attached hydrogen (secondary N) is 1. The highest BCUT2D eigenvalue weighted by Crippen LogP contribution is 2.31. The molecule has 0 aliphatic rings. The van der Waals surface area contributed by atoms with Crippen LogP contribution < -0.4 is 5.32 Å². The SMILES string of the molecule is CC(=C(Cl)Cl)c1ccccc1Nc1ccc(C)cc1. The molecule has 2 aromatic rings. The summed E-state index contributed by atoms with van der Waals surface area (Å²) >= 11 is 11.8. The van der Waals surface area contributed by atoms with Crippen molar-refractivity contribution in [1.29, 1.82) is 0 Å². The third-order valence-corrected chi connectivity index (χ3v) is 3.51. The summed E-state index contributed by atoms with van der Waals surface area (Å²) in [5, 5.41) is 3.38. The fourth-order valence-corrected chi connectivity index (χ4v) is 2.02. The summed E-state index contributed by atoms with van der Waals surface area (Å²) in [5.74, 6) is 0. The van der Waals surface area contributed by atoms with Crippen LogP contribution >= 0.6 is 23.2 Å².